The zero-order valence-corrected chi connectivity index (χ0v) is 17.7. The summed E-state index contributed by atoms with van der Waals surface area (Å²) in [5.74, 6) is -0.254. The molecule has 154 valence electrons. The van der Waals surface area contributed by atoms with Crippen molar-refractivity contribution in [2.75, 3.05) is 11.9 Å². The summed E-state index contributed by atoms with van der Waals surface area (Å²) in [5.41, 5.74) is 3.99. The standard InChI is InChI=1S/C24H31N3O2/c1-4-17-10-9-11-18(5-2)22(17)26-23(28)19-14-20(16-25-15-19)24(29)27-13-8-7-12-21(27)6-3/h9-11,14-16,21H,4-8,12-13H2,1-3H3,(H,26,28). The third-order valence-electron chi connectivity index (χ3n) is 5.84. The molecule has 0 saturated carbocycles. The van der Waals surface area contributed by atoms with Gasteiger partial charge in [0.05, 0.1) is 11.1 Å². The van der Waals surface area contributed by atoms with Gasteiger partial charge in [-0.3, -0.25) is 14.6 Å². The van der Waals surface area contributed by atoms with Gasteiger partial charge in [0.15, 0.2) is 0 Å². The molecule has 2 aromatic rings. The van der Waals surface area contributed by atoms with E-state index in [2.05, 4.69) is 31.1 Å². The smallest absolute Gasteiger partial charge is 0.257 e. The van der Waals surface area contributed by atoms with E-state index in [0.717, 1.165) is 55.5 Å². The zero-order valence-electron chi connectivity index (χ0n) is 17.7. The van der Waals surface area contributed by atoms with Crippen LogP contribution in [0.2, 0.25) is 0 Å². The fourth-order valence-electron chi connectivity index (χ4n) is 4.13. The molecule has 5 heteroatoms. The van der Waals surface area contributed by atoms with E-state index in [1.165, 1.54) is 12.6 Å². The minimum atomic E-state index is -0.228. The zero-order chi connectivity index (χ0) is 20.8. The molecule has 0 aliphatic carbocycles. The van der Waals surface area contributed by atoms with Gasteiger partial charge in [0.1, 0.15) is 0 Å². The van der Waals surface area contributed by atoms with Gasteiger partial charge in [-0.05, 0) is 55.7 Å². The minimum absolute atomic E-state index is 0.0260. The largest absolute Gasteiger partial charge is 0.336 e. The Bertz CT molecular complexity index is 856. The maximum atomic E-state index is 13.1. The van der Waals surface area contributed by atoms with E-state index in [1.807, 2.05) is 23.1 Å². The molecular weight excluding hydrogens is 362 g/mol. The number of hydrogen-bond acceptors (Lipinski definition) is 3. The van der Waals surface area contributed by atoms with Gasteiger partial charge in [0.25, 0.3) is 11.8 Å². The number of hydrogen-bond donors (Lipinski definition) is 1. The molecule has 1 fully saturated rings. The van der Waals surface area contributed by atoms with Crippen molar-refractivity contribution in [3.05, 3.63) is 58.9 Å². The van der Waals surface area contributed by atoms with Crippen LogP contribution in [0, 0.1) is 0 Å². The molecule has 0 bridgehead atoms. The van der Waals surface area contributed by atoms with Gasteiger partial charge in [-0.25, -0.2) is 0 Å². The second-order valence-corrected chi connectivity index (χ2v) is 7.63. The topological polar surface area (TPSA) is 62.3 Å². The van der Waals surface area contributed by atoms with Gasteiger partial charge < -0.3 is 10.2 Å². The second-order valence-electron chi connectivity index (χ2n) is 7.63. The molecule has 0 spiro atoms. The maximum Gasteiger partial charge on any atom is 0.257 e. The van der Waals surface area contributed by atoms with E-state index < -0.39 is 0 Å². The van der Waals surface area contributed by atoms with Gasteiger partial charge in [0.2, 0.25) is 0 Å². The first kappa shape index (κ1) is 21.0. The number of carbonyl (C=O) groups is 2. The number of amides is 2. The lowest BCUT2D eigenvalue weighted by atomic mass is 9.99. The number of carbonyl (C=O) groups excluding carboxylic acids is 2. The molecular formula is C24H31N3O2. The Kier molecular flexibility index (Phi) is 7.02. The van der Waals surface area contributed by atoms with Crippen molar-refractivity contribution < 1.29 is 9.59 Å². The number of para-hydroxylation sites is 1. The van der Waals surface area contributed by atoms with Gasteiger partial charge in [-0.1, -0.05) is 39.0 Å². The molecule has 0 radical (unpaired) electrons. The van der Waals surface area contributed by atoms with Gasteiger partial charge in [-0.2, -0.15) is 0 Å². The third-order valence-corrected chi connectivity index (χ3v) is 5.84. The Hall–Kier alpha value is -2.69. The van der Waals surface area contributed by atoms with Crippen LogP contribution in [-0.2, 0) is 12.8 Å². The molecule has 1 N–H and O–H groups in total. The highest BCUT2D eigenvalue weighted by Crippen LogP contribution is 2.24. The minimum Gasteiger partial charge on any atom is -0.336 e. The van der Waals surface area contributed by atoms with Gasteiger partial charge in [-0.15, -0.1) is 0 Å². The summed E-state index contributed by atoms with van der Waals surface area (Å²) in [4.78, 5) is 32.1. The maximum absolute atomic E-state index is 13.1. The van der Waals surface area contributed by atoms with Crippen LogP contribution in [0.4, 0.5) is 5.69 Å². The van der Waals surface area contributed by atoms with Crippen LogP contribution < -0.4 is 5.32 Å². The van der Waals surface area contributed by atoms with Gasteiger partial charge >= 0.3 is 0 Å². The van der Waals surface area contributed by atoms with Crippen LogP contribution in [0.1, 0.15) is 78.3 Å². The predicted molar refractivity (Wildman–Crippen MR) is 116 cm³/mol. The monoisotopic (exact) mass is 393 g/mol. The number of rotatable bonds is 6. The molecule has 1 atom stereocenters. The van der Waals surface area contributed by atoms with Crippen LogP contribution in [0.5, 0.6) is 0 Å². The molecule has 1 aromatic carbocycles. The van der Waals surface area contributed by atoms with Crippen molar-refractivity contribution >= 4 is 17.5 Å². The van der Waals surface area contributed by atoms with Crippen molar-refractivity contribution in [1.29, 1.82) is 0 Å². The van der Waals surface area contributed by atoms with E-state index in [0.29, 0.717) is 11.1 Å². The van der Waals surface area contributed by atoms with E-state index >= 15 is 0 Å². The summed E-state index contributed by atoms with van der Waals surface area (Å²) in [6.07, 6.45) is 8.97. The number of likely N-dealkylation sites (tertiary alicyclic amines) is 1. The Morgan fingerprint density at radius 1 is 1.07 bits per heavy atom. The summed E-state index contributed by atoms with van der Waals surface area (Å²) in [5, 5.41) is 3.06. The fraction of sp³-hybridized carbons (Fsp3) is 0.458. The molecule has 1 aromatic heterocycles. The number of nitrogens with zero attached hydrogens (tertiary/aromatic N) is 2. The van der Waals surface area contributed by atoms with Crippen molar-refractivity contribution in [2.45, 2.75) is 65.3 Å². The van der Waals surface area contributed by atoms with E-state index in [9.17, 15) is 9.59 Å². The van der Waals surface area contributed by atoms with Crippen LogP contribution >= 0.6 is 0 Å². The highest BCUT2D eigenvalue weighted by atomic mass is 16.2. The lowest BCUT2D eigenvalue weighted by molar-refractivity contribution is 0.0607. The Labute approximate surface area is 173 Å². The first-order chi connectivity index (χ1) is 14.1. The first-order valence-corrected chi connectivity index (χ1v) is 10.8. The fourth-order valence-corrected chi connectivity index (χ4v) is 4.13. The summed E-state index contributed by atoms with van der Waals surface area (Å²) >= 11 is 0. The summed E-state index contributed by atoms with van der Waals surface area (Å²) in [6.45, 7) is 7.05. The molecule has 1 saturated heterocycles. The molecule has 1 aliphatic rings. The Morgan fingerprint density at radius 3 is 2.41 bits per heavy atom. The average Bonchev–Trinajstić information content (AvgIpc) is 2.78. The third kappa shape index (κ3) is 4.66. The number of piperidine rings is 1. The number of aromatic nitrogens is 1. The Morgan fingerprint density at radius 2 is 1.76 bits per heavy atom. The number of benzene rings is 1. The van der Waals surface area contributed by atoms with Crippen molar-refractivity contribution in [3.63, 3.8) is 0 Å². The van der Waals surface area contributed by atoms with Crippen LogP contribution in [0.25, 0.3) is 0 Å². The predicted octanol–water partition coefficient (Wildman–Crippen LogP) is 4.86. The second kappa shape index (κ2) is 9.68. The number of aryl methyl sites for hydroxylation is 2. The summed E-state index contributed by atoms with van der Waals surface area (Å²) < 4.78 is 0. The van der Waals surface area contributed by atoms with E-state index in [1.54, 1.807) is 12.3 Å². The molecule has 2 amide bonds. The quantitative estimate of drug-likeness (QED) is 0.762. The molecule has 5 nitrogen and oxygen atoms in total. The number of nitrogens with one attached hydrogen (secondary N) is 1. The highest BCUT2D eigenvalue weighted by Gasteiger charge is 2.26. The van der Waals surface area contributed by atoms with Crippen molar-refractivity contribution in [3.8, 4) is 0 Å². The summed E-state index contributed by atoms with van der Waals surface area (Å²) in [6, 6.07) is 8.04. The first-order valence-electron chi connectivity index (χ1n) is 10.8. The number of pyridine rings is 1. The van der Waals surface area contributed by atoms with Crippen LogP contribution in [-0.4, -0.2) is 34.3 Å². The summed E-state index contributed by atoms with van der Waals surface area (Å²) in [7, 11) is 0. The van der Waals surface area contributed by atoms with Crippen LogP contribution in [0.15, 0.2) is 36.7 Å². The van der Waals surface area contributed by atoms with Crippen molar-refractivity contribution in [1.82, 2.24) is 9.88 Å². The normalized spacial score (nSPS) is 16.5. The number of anilines is 1. The van der Waals surface area contributed by atoms with E-state index in [4.69, 9.17) is 0 Å². The van der Waals surface area contributed by atoms with Gasteiger partial charge in [0, 0.05) is 30.7 Å². The highest BCUT2D eigenvalue weighted by molar-refractivity contribution is 6.06. The van der Waals surface area contributed by atoms with E-state index in [-0.39, 0.29) is 17.9 Å². The lowest BCUT2D eigenvalue weighted by Crippen LogP contribution is -2.43. The molecule has 29 heavy (non-hydrogen) atoms. The SMILES string of the molecule is CCc1cccc(CC)c1NC(=O)c1cncc(C(=O)N2CCCCC2CC)c1. The molecule has 1 unspecified atom stereocenters. The Balaban J connectivity index is 1.83. The molecule has 3 rings (SSSR count). The molecule has 1 aliphatic heterocycles. The van der Waals surface area contributed by atoms with Crippen LogP contribution in [0.3, 0.4) is 0 Å². The van der Waals surface area contributed by atoms with Crippen molar-refractivity contribution in [2.24, 2.45) is 0 Å². The molecule has 2 heterocycles. The average molecular weight is 394 g/mol. The lowest BCUT2D eigenvalue weighted by Gasteiger charge is -2.35.